The Bertz CT molecular complexity index is 1210. The number of nitrogens with one attached hydrogen (secondary N) is 1. The van der Waals surface area contributed by atoms with E-state index in [1.54, 1.807) is 31.0 Å². The molecule has 9 heteroatoms. The Morgan fingerprint density at radius 2 is 1.74 bits per heavy atom. The minimum atomic E-state index is 0.695. The fraction of sp³-hybridized carbons (Fsp3) is 0. The number of fused-ring (bicyclic) bond motifs is 2. The molecule has 5 rings (SSSR count). The van der Waals surface area contributed by atoms with E-state index < -0.39 is 0 Å². The van der Waals surface area contributed by atoms with Crippen LogP contribution in [0.2, 0.25) is 0 Å². The zero-order valence-corrected chi connectivity index (χ0v) is 15.4. The molecule has 27 heavy (non-hydrogen) atoms. The van der Waals surface area contributed by atoms with Crippen LogP contribution in [0.15, 0.2) is 71.4 Å². The van der Waals surface area contributed by atoms with Gasteiger partial charge in [0.25, 0.3) is 0 Å². The monoisotopic (exact) mass is 389 g/mol. The summed E-state index contributed by atoms with van der Waals surface area (Å²) in [5.74, 6) is 0.704. The SMILES string of the molecule is c1cnc(Sc2ccc3ncnc(Nc4nc5cccnc5s4)c3c2)nc1. The Morgan fingerprint density at radius 1 is 0.852 bits per heavy atom. The molecule has 1 N–H and O–H groups in total. The van der Waals surface area contributed by atoms with Crippen molar-refractivity contribution in [1.82, 2.24) is 29.9 Å². The van der Waals surface area contributed by atoms with Crippen molar-refractivity contribution in [3.63, 3.8) is 0 Å². The fourth-order valence-corrected chi connectivity index (χ4v) is 4.12. The molecule has 1 aromatic carbocycles. The molecule has 0 aliphatic rings. The Hall–Kier alpha value is -3.17. The number of rotatable bonds is 4. The van der Waals surface area contributed by atoms with Gasteiger partial charge in [0.05, 0.1) is 5.52 Å². The first kappa shape index (κ1) is 16.0. The lowest BCUT2D eigenvalue weighted by molar-refractivity contribution is 0.967. The van der Waals surface area contributed by atoms with Crippen LogP contribution in [0, 0.1) is 0 Å². The van der Waals surface area contributed by atoms with Crippen LogP contribution < -0.4 is 5.32 Å². The zero-order valence-electron chi connectivity index (χ0n) is 13.8. The van der Waals surface area contributed by atoms with Gasteiger partial charge in [-0.2, -0.15) is 0 Å². The van der Waals surface area contributed by atoms with Gasteiger partial charge in [-0.05, 0) is 48.2 Å². The van der Waals surface area contributed by atoms with Gasteiger partial charge in [0.15, 0.2) is 10.3 Å². The third kappa shape index (κ3) is 3.29. The summed E-state index contributed by atoms with van der Waals surface area (Å²) in [6.07, 6.45) is 6.77. The minimum absolute atomic E-state index is 0.695. The van der Waals surface area contributed by atoms with Crippen LogP contribution in [-0.4, -0.2) is 29.9 Å². The fourth-order valence-electron chi connectivity index (χ4n) is 2.57. The van der Waals surface area contributed by atoms with Gasteiger partial charge in [0.2, 0.25) is 0 Å². The van der Waals surface area contributed by atoms with Gasteiger partial charge in [0, 0.05) is 28.9 Å². The van der Waals surface area contributed by atoms with Crippen molar-refractivity contribution in [2.75, 3.05) is 5.32 Å². The summed E-state index contributed by atoms with van der Waals surface area (Å²) in [6.45, 7) is 0. The van der Waals surface area contributed by atoms with Crippen molar-refractivity contribution in [2.24, 2.45) is 0 Å². The first-order valence-corrected chi connectivity index (χ1v) is 9.67. The molecule has 0 saturated carbocycles. The average molecular weight is 389 g/mol. The second-order valence-electron chi connectivity index (χ2n) is 5.51. The highest BCUT2D eigenvalue weighted by atomic mass is 32.2. The van der Waals surface area contributed by atoms with Gasteiger partial charge < -0.3 is 5.32 Å². The lowest BCUT2D eigenvalue weighted by atomic mass is 10.2. The highest BCUT2D eigenvalue weighted by Crippen LogP contribution is 2.32. The smallest absolute Gasteiger partial charge is 0.192 e. The summed E-state index contributed by atoms with van der Waals surface area (Å²) in [5, 5.41) is 5.65. The highest BCUT2D eigenvalue weighted by Gasteiger charge is 2.10. The predicted octanol–water partition coefficient (Wildman–Crippen LogP) is 4.32. The van der Waals surface area contributed by atoms with E-state index in [1.807, 2.05) is 30.3 Å². The van der Waals surface area contributed by atoms with Gasteiger partial charge in [0.1, 0.15) is 22.5 Å². The zero-order chi connectivity index (χ0) is 18.1. The van der Waals surface area contributed by atoms with Crippen LogP contribution in [0.3, 0.4) is 0 Å². The van der Waals surface area contributed by atoms with Crippen molar-refractivity contribution in [2.45, 2.75) is 10.1 Å². The van der Waals surface area contributed by atoms with E-state index in [9.17, 15) is 0 Å². The molecule has 0 atom stereocenters. The van der Waals surface area contributed by atoms with Crippen LogP contribution in [0.25, 0.3) is 21.3 Å². The third-order valence-electron chi connectivity index (χ3n) is 3.75. The molecule has 7 nitrogen and oxygen atoms in total. The molecule has 4 heterocycles. The Morgan fingerprint density at radius 3 is 2.63 bits per heavy atom. The maximum atomic E-state index is 4.56. The van der Waals surface area contributed by atoms with Crippen LogP contribution in [0.5, 0.6) is 0 Å². The second kappa shape index (κ2) is 6.86. The summed E-state index contributed by atoms with van der Waals surface area (Å²) < 4.78 is 0. The van der Waals surface area contributed by atoms with Crippen molar-refractivity contribution in [3.8, 4) is 0 Å². The van der Waals surface area contributed by atoms with Crippen molar-refractivity contribution < 1.29 is 0 Å². The molecule has 0 fully saturated rings. The first-order chi connectivity index (χ1) is 13.3. The molecule has 5 aromatic rings. The molecule has 4 aromatic heterocycles. The lowest BCUT2D eigenvalue weighted by Gasteiger charge is -2.07. The van der Waals surface area contributed by atoms with Gasteiger partial charge >= 0.3 is 0 Å². The minimum Gasteiger partial charge on any atom is -0.316 e. The summed E-state index contributed by atoms with van der Waals surface area (Å²) in [6, 6.07) is 11.6. The van der Waals surface area contributed by atoms with E-state index in [1.165, 1.54) is 23.1 Å². The summed E-state index contributed by atoms with van der Waals surface area (Å²) in [4.78, 5) is 28.1. The molecule has 0 saturated heterocycles. The number of aromatic nitrogens is 6. The molecule has 0 spiro atoms. The van der Waals surface area contributed by atoms with E-state index in [0.717, 1.165) is 31.3 Å². The molecular weight excluding hydrogens is 378 g/mol. The van der Waals surface area contributed by atoms with E-state index in [0.29, 0.717) is 11.0 Å². The van der Waals surface area contributed by atoms with Gasteiger partial charge in [-0.3, -0.25) is 0 Å². The average Bonchev–Trinajstić information content (AvgIpc) is 3.12. The number of hydrogen-bond acceptors (Lipinski definition) is 9. The van der Waals surface area contributed by atoms with E-state index in [-0.39, 0.29) is 0 Å². The van der Waals surface area contributed by atoms with Crippen LogP contribution in [0.4, 0.5) is 10.9 Å². The van der Waals surface area contributed by atoms with E-state index >= 15 is 0 Å². The molecular formula is C18H11N7S2. The third-order valence-corrected chi connectivity index (χ3v) is 5.53. The van der Waals surface area contributed by atoms with Crippen LogP contribution in [-0.2, 0) is 0 Å². The summed E-state index contributed by atoms with van der Waals surface area (Å²) in [5.41, 5.74) is 1.71. The second-order valence-corrected chi connectivity index (χ2v) is 7.52. The molecule has 0 aliphatic heterocycles. The Labute approximate surface area is 162 Å². The maximum Gasteiger partial charge on any atom is 0.192 e. The molecule has 0 bridgehead atoms. The van der Waals surface area contributed by atoms with Crippen molar-refractivity contribution >= 4 is 55.3 Å². The summed E-state index contributed by atoms with van der Waals surface area (Å²) in [7, 11) is 0. The standard InChI is InChI=1S/C18H11N7S2/c1-3-14-16(19-6-1)27-18(24-14)25-15-12-9-11(4-5-13(12)22-10-23-15)26-17-20-7-2-8-21-17/h1-10H,(H,22,23,24,25). The van der Waals surface area contributed by atoms with Crippen molar-refractivity contribution in [3.05, 3.63) is 61.3 Å². The van der Waals surface area contributed by atoms with Crippen LogP contribution >= 0.6 is 23.1 Å². The van der Waals surface area contributed by atoms with E-state index in [4.69, 9.17) is 0 Å². The number of hydrogen-bond donors (Lipinski definition) is 1. The molecule has 0 unspecified atom stereocenters. The maximum absolute atomic E-state index is 4.56. The number of benzene rings is 1. The van der Waals surface area contributed by atoms with Crippen molar-refractivity contribution in [1.29, 1.82) is 0 Å². The Balaban J connectivity index is 1.52. The van der Waals surface area contributed by atoms with Gasteiger partial charge in [-0.1, -0.05) is 11.3 Å². The topological polar surface area (TPSA) is 89.4 Å². The highest BCUT2D eigenvalue weighted by molar-refractivity contribution is 7.99. The number of anilines is 2. The van der Waals surface area contributed by atoms with Gasteiger partial charge in [-0.25, -0.2) is 29.9 Å². The quantitative estimate of drug-likeness (QED) is 0.455. The molecule has 0 amide bonds. The predicted molar refractivity (Wildman–Crippen MR) is 106 cm³/mol. The molecule has 0 aliphatic carbocycles. The van der Waals surface area contributed by atoms with E-state index in [2.05, 4.69) is 35.2 Å². The van der Waals surface area contributed by atoms with Crippen LogP contribution in [0.1, 0.15) is 0 Å². The largest absolute Gasteiger partial charge is 0.316 e. The molecule has 130 valence electrons. The number of pyridine rings is 1. The number of nitrogens with zero attached hydrogens (tertiary/aromatic N) is 6. The number of thiazole rings is 1. The Kier molecular flexibility index (Phi) is 4.07. The lowest BCUT2D eigenvalue weighted by Crippen LogP contribution is -1.95. The van der Waals surface area contributed by atoms with Gasteiger partial charge in [-0.15, -0.1) is 0 Å². The molecule has 0 radical (unpaired) electrons. The summed E-state index contributed by atoms with van der Waals surface area (Å²) >= 11 is 2.98. The normalized spacial score (nSPS) is 11.1. The first-order valence-electron chi connectivity index (χ1n) is 8.03.